The molecule has 0 radical (unpaired) electrons. The van der Waals surface area contributed by atoms with Crippen LogP contribution in [0.5, 0.6) is 0 Å². The van der Waals surface area contributed by atoms with E-state index in [2.05, 4.69) is 32.7 Å². The zero-order valence-electron chi connectivity index (χ0n) is 15.5. The van der Waals surface area contributed by atoms with Crippen molar-refractivity contribution < 1.29 is 4.79 Å². The molecule has 1 aliphatic carbocycles. The highest BCUT2D eigenvalue weighted by molar-refractivity contribution is 5.93. The number of aromatic nitrogens is 2. The standard InChI is InChI=1S/C21H23N5O/c1-15-24-19(21(27)23-12-11-16-5-3-2-4-6-16)13-20(25-15)26-18-9-7-17(14-22)8-10-18/h5,7-10,13H,2-4,6,11-12H2,1H3,(H,23,27)(H,24,25,26). The Labute approximate surface area is 159 Å². The van der Waals surface area contributed by atoms with Crippen molar-refractivity contribution in [2.24, 2.45) is 0 Å². The third-order valence-corrected chi connectivity index (χ3v) is 4.47. The fourth-order valence-corrected chi connectivity index (χ4v) is 3.08. The van der Waals surface area contributed by atoms with Gasteiger partial charge in [-0.1, -0.05) is 11.6 Å². The molecule has 1 heterocycles. The average Bonchev–Trinajstić information content (AvgIpc) is 2.69. The molecule has 0 spiro atoms. The Morgan fingerprint density at radius 2 is 2.04 bits per heavy atom. The SMILES string of the molecule is Cc1nc(Nc2ccc(C#N)cc2)cc(C(=O)NCCC2=CCCCC2)n1. The summed E-state index contributed by atoms with van der Waals surface area (Å²) < 4.78 is 0. The van der Waals surface area contributed by atoms with Gasteiger partial charge in [-0.2, -0.15) is 5.26 Å². The number of benzene rings is 1. The lowest BCUT2D eigenvalue weighted by Gasteiger charge is -2.13. The third-order valence-electron chi connectivity index (χ3n) is 4.47. The van der Waals surface area contributed by atoms with Gasteiger partial charge in [0, 0.05) is 18.3 Å². The first-order chi connectivity index (χ1) is 13.1. The van der Waals surface area contributed by atoms with E-state index in [9.17, 15) is 4.79 Å². The number of nitrogens with one attached hydrogen (secondary N) is 2. The zero-order chi connectivity index (χ0) is 19.1. The number of nitriles is 1. The van der Waals surface area contributed by atoms with E-state index in [1.54, 1.807) is 37.3 Å². The van der Waals surface area contributed by atoms with Crippen LogP contribution in [0.15, 0.2) is 42.0 Å². The normalized spacial score (nSPS) is 13.4. The summed E-state index contributed by atoms with van der Waals surface area (Å²) in [7, 11) is 0. The Kier molecular flexibility index (Phi) is 6.16. The minimum absolute atomic E-state index is 0.195. The minimum Gasteiger partial charge on any atom is -0.350 e. The van der Waals surface area contributed by atoms with Gasteiger partial charge in [-0.05, 0) is 63.3 Å². The van der Waals surface area contributed by atoms with Crippen molar-refractivity contribution in [3.63, 3.8) is 0 Å². The summed E-state index contributed by atoms with van der Waals surface area (Å²) in [6, 6.07) is 10.8. The van der Waals surface area contributed by atoms with Gasteiger partial charge in [0.15, 0.2) is 0 Å². The number of amides is 1. The second kappa shape index (κ2) is 8.95. The average molecular weight is 361 g/mol. The molecule has 0 aliphatic heterocycles. The number of allylic oxidation sites excluding steroid dienone is 1. The second-order valence-corrected chi connectivity index (χ2v) is 6.61. The third kappa shape index (κ3) is 5.38. The summed E-state index contributed by atoms with van der Waals surface area (Å²) in [5.41, 5.74) is 3.16. The quantitative estimate of drug-likeness (QED) is 0.758. The molecule has 1 aliphatic rings. The maximum Gasteiger partial charge on any atom is 0.270 e. The van der Waals surface area contributed by atoms with Gasteiger partial charge in [-0.15, -0.1) is 0 Å². The maximum atomic E-state index is 12.4. The summed E-state index contributed by atoms with van der Waals surface area (Å²) in [5.74, 6) is 0.876. The van der Waals surface area contributed by atoms with Gasteiger partial charge < -0.3 is 10.6 Å². The van der Waals surface area contributed by atoms with Crippen molar-refractivity contribution >= 4 is 17.4 Å². The van der Waals surface area contributed by atoms with Crippen LogP contribution in [0.2, 0.25) is 0 Å². The van der Waals surface area contributed by atoms with Crippen LogP contribution in [0.3, 0.4) is 0 Å². The Balaban J connectivity index is 1.62. The molecule has 138 valence electrons. The van der Waals surface area contributed by atoms with Crippen LogP contribution in [0.4, 0.5) is 11.5 Å². The molecule has 1 amide bonds. The number of anilines is 2. The van der Waals surface area contributed by atoms with E-state index in [1.165, 1.54) is 18.4 Å². The van der Waals surface area contributed by atoms with Gasteiger partial charge in [0.1, 0.15) is 17.3 Å². The Morgan fingerprint density at radius 1 is 1.22 bits per heavy atom. The molecule has 1 aromatic carbocycles. The highest BCUT2D eigenvalue weighted by atomic mass is 16.1. The molecule has 0 atom stereocenters. The van der Waals surface area contributed by atoms with Crippen LogP contribution >= 0.6 is 0 Å². The smallest absolute Gasteiger partial charge is 0.270 e. The molecule has 0 unspecified atom stereocenters. The van der Waals surface area contributed by atoms with Crippen LogP contribution in [-0.4, -0.2) is 22.4 Å². The molecule has 0 fully saturated rings. The monoisotopic (exact) mass is 361 g/mol. The molecule has 2 N–H and O–H groups in total. The molecule has 0 saturated heterocycles. The summed E-state index contributed by atoms with van der Waals surface area (Å²) in [6.45, 7) is 2.37. The van der Waals surface area contributed by atoms with E-state index in [1.807, 2.05) is 0 Å². The first-order valence-corrected chi connectivity index (χ1v) is 9.23. The lowest BCUT2D eigenvalue weighted by molar-refractivity contribution is 0.0948. The molecule has 27 heavy (non-hydrogen) atoms. The van der Waals surface area contributed by atoms with Crippen molar-refractivity contribution in [3.05, 3.63) is 59.1 Å². The lowest BCUT2D eigenvalue weighted by Crippen LogP contribution is -2.26. The lowest BCUT2D eigenvalue weighted by atomic mass is 9.97. The summed E-state index contributed by atoms with van der Waals surface area (Å²) in [6.07, 6.45) is 8.00. The van der Waals surface area contributed by atoms with Crippen molar-refractivity contribution in [1.82, 2.24) is 15.3 Å². The van der Waals surface area contributed by atoms with Crippen LogP contribution < -0.4 is 10.6 Å². The first-order valence-electron chi connectivity index (χ1n) is 9.23. The highest BCUT2D eigenvalue weighted by Gasteiger charge is 2.11. The molecule has 6 heteroatoms. The van der Waals surface area contributed by atoms with Gasteiger partial charge in [0.05, 0.1) is 11.6 Å². The summed E-state index contributed by atoms with van der Waals surface area (Å²) in [5, 5.41) is 15.0. The molecule has 0 saturated carbocycles. The van der Waals surface area contributed by atoms with E-state index < -0.39 is 0 Å². The number of hydrogen-bond donors (Lipinski definition) is 2. The van der Waals surface area contributed by atoms with E-state index in [0.717, 1.165) is 24.9 Å². The molecular formula is C21H23N5O. The van der Waals surface area contributed by atoms with Gasteiger partial charge in [-0.3, -0.25) is 4.79 Å². The number of hydrogen-bond acceptors (Lipinski definition) is 5. The zero-order valence-corrected chi connectivity index (χ0v) is 15.5. The number of nitrogens with zero attached hydrogens (tertiary/aromatic N) is 3. The molecule has 2 aromatic rings. The van der Waals surface area contributed by atoms with Gasteiger partial charge in [0.2, 0.25) is 0 Å². The van der Waals surface area contributed by atoms with Gasteiger partial charge >= 0.3 is 0 Å². The minimum atomic E-state index is -0.195. The number of carbonyl (C=O) groups is 1. The molecule has 0 bridgehead atoms. The Morgan fingerprint density at radius 3 is 2.74 bits per heavy atom. The van der Waals surface area contributed by atoms with Crippen molar-refractivity contribution in [3.8, 4) is 6.07 Å². The Hall–Kier alpha value is -3.20. The largest absolute Gasteiger partial charge is 0.350 e. The molecule has 1 aromatic heterocycles. The van der Waals surface area contributed by atoms with E-state index in [-0.39, 0.29) is 5.91 Å². The van der Waals surface area contributed by atoms with Gasteiger partial charge in [-0.25, -0.2) is 9.97 Å². The predicted octanol–water partition coefficient (Wildman–Crippen LogP) is 4.02. The number of carbonyl (C=O) groups excluding carboxylic acids is 1. The highest BCUT2D eigenvalue weighted by Crippen LogP contribution is 2.19. The summed E-state index contributed by atoms with van der Waals surface area (Å²) in [4.78, 5) is 21.0. The van der Waals surface area contributed by atoms with E-state index in [4.69, 9.17) is 5.26 Å². The number of aryl methyl sites for hydroxylation is 1. The molecule has 6 nitrogen and oxygen atoms in total. The van der Waals surface area contributed by atoms with Crippen LogP contribution in [-0.2, 0) is 0 Å². The predicted molar refractivity (Wildman–Crippen MR) is 105 cm³/mol. The maximum absolute atomic E-state index is 12.4. The van der Waals surface area contributed by atoms with Crippen molar-refractivity contribution in [2.45, 2.75) is 39.0 Å². The second-order valence-electron chi connectivity index (χ2n) is 6.61. The summed E-state index contributed by atoms with van der Waals surface area (Å²) >= 11 is 0. The first kappa shape index (κ1) is 18.6. The van der Waals surface area contributed by atoms with Crippen molar-refractivity contribution in [1.29, 1.82) is 5.26 Å². The number of rotatable bonds is 6. The van der Waals surface area contributed by atoms with Crippen LogP contribution in [0.25, 0.3) is 0 Å². The fourth-order valence-electron chi connectivity index (χ4n) is 3.08. The van der Waals surface area contributed by atoms with Gasteiger partial charge in [0.25, 0.3) is 5.91 Å². The molecular weight excluding hydrogens is 338 g/mol. The van der Waals surface area contributed by atoms with Crippen LogP contribution in [0.1, 0.15) is 54.0 Å². The topological polar surface area (TPSA) is 90.7 Å². The molecule has 3 rings (SSSR count). The fraction of sp³-hybridized carbons (Fsp3) is 0.333. The Bertz CT molecular complexity index is 880. The van der Waals surface area contributed by atoms with Crippen molar-refractivity contribution in [2.75, 3.05) is 11.9 Å². The van der Waals surface area contributed by atoms with Crippen LogP contribution in [0, 0.1) is 18.3 Å². The van der Waals surface area contributed by atoms with E-state index in [0.29, 0.717) is 29.4 Å². The van der Waals surface area contributed by atoms with E-state index >= 15 is 0 Å².